The zero-order valence-electron chi connectivity index (χ0n) is 13.3. The number of rotatable bonds is 5. The van der Waals surface area contributed by atoms with Gasteiger partial charge in [-0.2, -0.15) is 5.10 Å². The molecule has 23 heavy (non-hydrogen) atoms. The van der Waals surface area contributed by atoms with Crippen LogP contribution in [0.5, 0.6) is 5.75 Å². The zero-order valence-corrected chi connectivity index (χ0v) is 15.7. The summed E-state index contributed by atoms with van der Waals surface area (Å²) in [6.45, 7) is 6.13. The summed E-state index contributed by atoms with van der Waals surface area (Å²) in [5, 5.41) is 13.9. The molecule has 1 aliphatic heterocycles. The molecular formula is C16H20BrClN2O3. The van der Waals surface area contributed by atoms with Crippen molar-refractivity contribution in [3.8, 4) is 5.75 Å². The van der Waals surface area contributed by atoms with E-state index in [-0.39, 0.29) is 23.8 Å². The first kappa shape index (κ1) is 18.2. The average Bonchev–Trinajstić information content (AvgIpc) is 2.46. The Morgan fingerprint density at radius 3 is 2.78 bits per heavy atom. The van der Waals surface area contributed by atoms with Crippen LogP contribution in [0.1, 0.15) is 32.8 Å². The number of hydrazone groups is 1. The maximum Gasteiger partial charge on any atom is 0.240 e. The van der Waals surface area contributed by atoms with Crippen LogP contribution in [0.2, 0.25) is 5.02 Å². The summed E-state index contributed by atoms with van der Waals surface area (Å²) >= 11 is 9.81. The Morgan fingerprint density at radius 1 is 1.52 bits per heavy atom. The number of halogens is 2. The van der Waals surface area contributed by atoms with Crippen LogP contribution in [-0.4, -0.2) is 29.9 Å². The van der Waals surface area contributed by atoms with E-state index in [1.54, 1.807) is 6.07 Å². The van der Waals surface area contributed by atoms with Crippen molar-refractivity contribution >= 4 is 39.1 Å². The fraction of sp³-hybridized carbons (Fsp3) is 0.500. The summed E-state index contributed by atoms with van der Waals surface area (Å²) < 4.78 is 6.47. The van der Waals surface area contributed by atoms with Crippen molar-refractivity contribution in [3.05, 3.63) is 27.2 Å². The number of carbonyl (C=O) groups excluding carboxylic acids is 1. The molecule has 0 aliphatic carbocycles. The van der Waals surface area contributed by atoms with Crippen LogP contribution in [0, 0.1) is 11.3 Å². The van der Waals surface area contributed by atoms with Gasteiger partial charge in [-0.15, -0.1) is 0 Å². The minimum atomic E-state index is -0.353. The molecule has 0 saturated carbocycles. The van der Waals surface area contributed by atoms with Gasteiger partial charge in [0, 0.05) is 23.3 Å². The lowest BCUT2D eigenvalue weighted by atomic mass is 9.94. The summed E-state index contributed by atoms with van der Waals surface area (Å²) in [4.78, 5) is 11.4. The van der Waals surface area contributed by atoms with Crippen molar-refractivity contribution in [2.45, 2.75) is 27.2 Å². The summed E-state index contributed by atoms with van der Waals surface area (Å²) in [5.74, 6) is 0.467. The molecule has 2 rings (SSSR count). The lowest BCUT2D eigenvalue weighted by molar-refractivity contribution is -0.121. The van der Waals surface area contributed by atoms with Gasteiger partial charge < -0.3 is 9.84 Å². The van der Waals surface area contributed by atoms with Gasteiger partial charge in [0.05, 0.1) is 28.4 Å². The second kappa shape index (κ2) is 7.20. The molecule has 1 aromatic carbocycles. The zero-order chi connectivity index (χ0) is 17.2. The third-order valence-corrected chi connectivity index (χ3v) is 4.46. The number of nitrogens with one attached hydrogen (secondary N) is 1. The molecule has 1 aromatic rings. The van der Waals surface area contributed by atoms with Crippen molar-refractivity contribution < 1.29 is 14.6 Å². The van der Waals surface area contributed by atoms with Gasteiger partial charge in [0.2, 0.25) is 5.91 Å². The third kappa shape index (κ3) is 4.46. The van der Waals surface area contributed by atoms with E-state index in [0.717, 1.165) is 11.3 Å². The highest BCUT2D eigenvalue weighted by atomic mass is 79.9. The van der Waals surface area contributed by atoms with Gasteiger partial charge in [-0.25, -0.2) is 5.43 Å². The summed E-state index contributed by atoms with van der Waals surface area (Å²) in [7, 11) is 0. The van der Waals surface area contributed by atoms with E-state index in [1.165, 1.54) is 0 Å². The topological polar surface area (TPSA) is 70.9 Å². The Balaban J connectivity index is 2.25. The van der Waals surface area contributed by atoms with Crippen molar-refractivity contribution in [2.75, 3.05) is 13.2 Å². The molecule has 0 unspecified atom stereocenters. The van der Waals surface area contributed by atoms with Crippen molar-refractivity contribution in [2.24, 2.45) is 16.4 Å². The van der Waals surface area contributed by atoms with Gasteiger partial charge in [-0.3, -0.25) is 4.79 Å². The van der Waals surface area contributed by atoms with Crippen LogP contribution in [0.3, 0.4) is 0 Å². The number of hydrogen-bond donors (Lipinski definition) is 2. The molecule has 0 saturated heterocycles. The number of amides is 1. The lowest BCUT2D eigenvalue weighted by Gasteiger charge is -2.23. The molecule has 1 atom stereocenters. The number of benzene rings is 1. The molecule has 126 valence electrons. The smallest absolute Gasteiger partial charge is 0.240 e. The van der Waals surface area contributed by atoms with E-state index in [1.807, 2.05) is 26.8 Å². The van der Waals surface area contributed by atoms with Gasteiger partial charge in [-0.1, -0.05) is 32.4 Å². The fourth-order valence-electron chi connectivity index (χ4n) is 2.16. The average molecular weight is 404 g/mol. The lowest BCUT2D eigenvalue weighted by Crippen LogP contribution is -2.32. The minimum Gasteiger partial charge on any atom is -0.490 e. The molecule has 2 N–H and O–H groups in total. The number of hydrogen-bond acceptors (Lipinski definition) is 4. The van der Waals surface area contributed by atoms with Crippen LogP contribution in [0.4, 0.5) is 0 Å². The Kier molecular flexibility index (Phi) is 5.70. The van der Waals surface area contributed by atoms with Gasteiger partial charge in [-0.05, 0) is 28.1 Å². The molecule has 1 heterocycles. The molecule has 0 spiro atoms. The quantitative estimate of drug-likeness (QED) is 0.792. The first-order chi connectivity index (χ1) is 10.7. The fourth-order valence-corrected chi connectivity index (χ4v) is 3.12. The molecule has 0 radical (unpaired) electrons. The van der Waals surface area contributed by atoms with Gasteiger partial charge in [0.1, 0.15) is 0 Å². The Labute approximate surface area is 149 Å². The highest BCUT2D eigenvalue weighted by Crippen LogP contribution is 2.36. The largest absolute Gasteiger partial charge is 0.490 e. The van der Waals surface area contributed by atoms with Crippen molar-refractivity contribution in [3.63, 3.8) is 0 Å². The molecule has 0 aromatic heterocycles. The van der Waals surface area contributed by atoms with Gasteiger partial charge >= 0.3 is 0 Å². The van der Waals surface area contributed by atoms with E-state index in [4.69, 9.17) is 16.3 Å². The number of nitrogens with zero attached hydrogens (tertiary/aromatic N) is 1. The summed E-state index contributed by atoms with van der Waals surface area (Å²) in [6.07, 6.45) is 0.400. The second-order valence-electron chi connectivity index (χ2n) is 6.52. The summed E-state index contributed by atoms with van der Waals surface area (Å²) in [6, 6.07) is 3.65. The number of ether oxygens (including phenoxy) is 1. The van der Waals surface area contributed by atoms with Crippen molar-refractivity contribution in [1.82, 2.24) is 5.43 Å². The van der Waals surface area contributed by atoms with E-state index >= 15 is 0 Å². The molecule has 7 heteroatoms. The van der Waals surface area contributed by atoms with Crippen LogP contribution in [0.25, 0.3) is 0 Å². The van der Waals surface area contributed by atoms with E-state index < -0.39 is 0 Å². The standard InChI is InChI=1S/C16H20BrClN2O3/c1-9-4-13(22)19-20-14(9)10-5-11(17)15(12(18)6-10)23-8-16(2,3)7-21/h5-6,9,21H,4,7-8H2,1-3H3,(H,19,22)/t9-/m1/s1. The second-order valence-corrected chi connectivity index (χ2v) is 7.78. The Bertz CT molecular complexity index is 623. The highest BCUT2D eigenvalue weighted by Gasteiger charge is 2.24. The predicted molar refractivity (Wildman–Crippen MR) is 94.0 cm³/mol. The number of aliphatic hydroxyl groups is 1. The van der Waals surface area contributed by atoms with Crippen LogP contribution in [0.15, 0.2) is 21.7 Å². The summed E-state index contributed by atoms with van der Waals surface area (Å²) in [5.41, 5.74) is 3.77. The molecule has 1 aliphatic rings. The highest BCUT2D eigenvalue weighted by molar-refractivity contribution is 9.10. The van der Waals surface area contributed by atoms with E-state index in [2.05, 4.69) is 26.5 Å². The van der Waals surface area contributed by atoms with Crippen LogP contribution < -0.4 is 10.2 Å². The first-order valence-electron chi connectivity index (χ1n) is 7.33. The normalized spacial score (nSPS) is 18.4. The molecule has 1 amide bonds. The van der Waals surface area contributed by atoms with Crippen LogP contribution >= 0.6 is 27.5 Å². The molecule has 0 fully saturated rings. The molecular weight excluding hydrogens is 384 g/mol. The first-order valence-corrected chi connectivity index (χ1v) is 8.50. The third-order valence-electron chi connectivity index (χ3n) is 3.59. The van der Waals surface area contributed by atoms with E-state index in [0.29, 0.717) is 28.3 Å². The van der Waals surface area contributed by atoms with Gasteiger partial charge in [0.25, 0.3) is 0 Å². The minimum absolute atomic E-state index is 0.0202. The number of carbonyl (C=O) groups is 1. The maximum absolute atomic E-state index is 11.4. The SMILES string of the molecule is C[C@@H]1CC(=O)NN=C1c1cc(Cl)c(OCC(C)(C)CO)c(Br)c1. The molecule has 5 nitrogen and oxygen atoms in total. The Hall–Kier alpha value is -1.11. The Morgan fingerprint density at radius 2 is 2.22 bits per heavy atom. The maximum atomic E-state index is 11.4. The van der Waals surface area contributed by atoms with Gasteiger partial charge in [0.15, 0.2) is 5.75 Å². The number of aliphatic hydroxyl groups excluding tert-OH is 1. The van der Waals surface area contributed by atoms with Crippen molar-refractivity contribution in [1.29, 1.82) is 0 Å². The van der Waals surface area contributed by atoms with E-state index in [9.17, 15) is 9.90 Å². The predicted octanol–water partition coefficient (Wildman–Crippen LogP) is 3.36. The van der Waals surface area contributed by atoms with Crippen LogP contribution in [-0.2, 0) is 4.79 Å². The molecule has 0 bridgehead atoms. The monoisotopic (exact) mass is 402 g/mol.